The monoisotopic (exact) mass is 254 g/mol. The first-order valence-corrected chi connectivity index (χ1v) is 6.19. The maximum atomic E-state index is 11.0. The van der Waals surface area contributed by atoms with Crippen LogP contribution in [0.15, 0.2) is 18.2 Å². The topological polar surface area (TPSA) is 55.1 Å². The zero-order chi connectivity index (χ0) is 13.0. The van der Waals surface area contributed by atoms with Crippen LogP contribution in [0.4, 0.5) is 5.69 Å². The second-order valence-electron chi connectivity index (χ2n) is 4.38. The third kappa shape index (κ3) is 3.63. The van der Waals surface area contributed by atoms with Crippen molar-refractivity contribution in [1.82, 2.24) is 0 Å². The molecule has 2 unspecified atom stereocenters. The molecule has 0 aromatic heterocycles. The van der Waals surface area contributed by atoms with Crippen molar-refractivity contribution in [2.75, 3.05) is 5.32 Å². The number of nitrogens with one attached hydrogen (secondary N) is 1. The summed E-state index contributed by atoms with van der Waals surface area (Å²) in [5.41, 5.74) is 6.46. The van der Waals surface area contributed by atoms with E-state index in [-0.39, 0.29) is 0 Å². The van der Waals surface area contributed by atoms with Crippen LogP contribution in [0, 0.1) is 5.92 Å². The standard InChI is InChI=1S/C13H19ClN2O/c1-4-8(2)9(3)16-10-5-6-11(13(15)17)12(14)7-10/h5-9,16H,4H2,1-3H3,(H2,15,17). The molecule has 2 atom stereocenters. The van der Waals surface area contributed by atoms with E-state index in [0.29, 0.717) is 22.5 Å². The number of hydrogen-bond donors (Lipinski definition) is 2. The lowest BCUT2D eigenvalue weighted by atomic mass is 10.0. The first-order valence-electron chi connectivity index (χ1n) is 5.81. The Kier molecular flexibility index (Phi) is 4.82. The molecule has 17 heavy (non-hydrogen) atoms. The highest BCUT2D eigenvalue weighted by atomic mass is 35.5. The minimum atomic E-state index is -0.503. The predicted octanol–water partition coefficient (Wildman–Crippen LogP) is 3.29. The van der Waals surface area contributed by atoms with Gasteiger partial charge in [0.15, 0.2) is 0 Å². The predicted molar refractivity (Wildman–Crippen MR) is 72.5 cm³/mol. The molecule has 94 valence electrons. The fourth-order valence-corrected chi connectivity index (χ4v) is 1.84. The van der Waals surface area contributed by atoms with Crippen LogP contribution in [0.5, 0.6) is 0 Å². The molecule has 4 heteroatoms. The number of primary amides is 1. The molecule has 0 radical (unpaired) electrons. The smallest absolute Gasteiger partial charge is 0.250 e. The molecule has 3 nitrogen and oxygen atoms in total. The molecule has 0 spiro atoms. The fourth-order valence-electron chi connectivity index (χ4n) is 1.56. The molecule has 0 fully saturated rings. The van der Waals surface area contributed by atoms with Crippen molar-refractivity contribution in [3.63, 3.8) is 0 Å². The summed E-state index contributed by atoms with van der Waals surface area (Å²) in [6, 6.07) is 5.57. The number of carbonyl (C=O) groups is 1. The van der Waals surface area contributed by atoms with Gasteiger partial charge in [-0.2, -0.15) is 0 Å². The summed E-state index contributed by atoms with van der Waals surface area (Å²) in [7, 11) is 0. The van der Waals surface area contributed by atoms with E-state index in [4.69, 9.17) is 17.3 Å². The molecule has 0 aliphatic rings. The highest BCUT2D eigenvalue weighted by molar-refractivity contribution is 6.34. The zero-order valence-corrected chi connectivity index (χ0v) is 11.2. The van der Waals surface area contributed by atoms with Crippen molar-refractivity contribution in [2.24, 2.45) is 11.7 Å². The fraction of sp³-hybridized carbons (Fsp3) is 0.462. The van der Waals surface area contributed by atoms with E-state index in [1.165, 1.54) is 0 Å². The van der Waals surface area contributed by atoms with Gasteiger partial charge in [-0.25, -0.2) is 0 Å². The second-order valence-corrected chi connectivity index (χ2v) is 4.78. The molecular weight excluding hydrogens is 236 g/mol. The van der Waals surface area contributed by atoms with Crippen LogP contribution < -0.4 is 11.1 Å². The van der Waals surface area contributed by atoms with Gasteiger partial charge in [-0.1, -0.05) is 31.9 Å². The van der Waals surface area contributed by atoms with Gasteiger partial charge in [-0.3, -0.25) is 4.79 Å². The SMILES string of the molecule is CCC(C)C(C)Nc1ccc(C(N)=O)c(Cl)c1. The molecule has 1 amide bonds. The minimum Gasteiger partial charge on any atom is -0.382 e. The highest BCUT2D eigenvalue weighted by Crippen LogP contribution is 2.22. The zero-order valence-electron chi connectivity index (χ0n) is 10.5. The molecule has 0 heterocycles. The molecule has 0 bridgehead atoms. The number of benzene rings is 1. The van der Waals surface area contributed by atoms with Crippen LogP contribution in [0.1, 0.15) is 37.6 Å². The third-order valence-electron chi connectivity index (χ3n) is 3.13. The van der Waals surface area contributed by atoms with E-state index in [9.17, 15) is 4.79 Å². The summed E-state index contributed by atoms with van der Waals surface area (Å²) in [6.07, 6.45) is 1.11. The van der Waals surface area contributed by atoms with E-state index < -0.39 is 5.91 Å². The van der Waals surface area contributed by atoms with E-state index in [2.05, 4.69) is 26.1 Å². The summed E-state index contributed by atoms with van der Waals surface area (Å²) in [5, 5.41) is 3.75. The Labute approximate surface area is 107 Å². The van der Waals surface area contributed by atoms with Crippen molar-refractivity contribution in [3.05, 3.63) is 28.8 Å². The summed E-state index contributed by atoms with van der Waals surface area (Å²) in [5.74, 6) is 0.0705. The Balaban J connectivity index is 2.81. The average Bonchev–Trinajstić information content (AvgIpc) is 2.27. The summed E-state index contributed by atoms with van der Waals surface area (Å²) < 4.78 is 0. The minimum absolute atomic E-state index is 0.355. The number of halogens is 1. The molecule has 1 aromatic rings. The first kappa shape index (κ1) is 13.8. The van der Waals surface area contributed by atoms with Gasteiger partial charge >= 0.3 is 0 Å². The summed E-state index contributed by atoms with van der Waals surface area (Å²) in [4.78, 5) is 11.0. The molecule has 0 aliphatic heterocycles. The number of hydrogen-bond acceptors (Lipinski definition) is 2. The van der Waals surface area contributed by atoms with Crippen molar-refractivity contribution < 1.29 is 4.79 Å². The molecule has 0 saturated heterocycles. The van der Waals surface area contributed by atoms with Gasteiger partial charge in [0.05, 0.1) is 10.6 Å². The summed E-state index contributed by atoms with van der Waals surface area (Å²) >= 11 is 5.98. The van der Waals surface area contributed by atoms with Crippen molar-refractivity contribution in [3.8, 4) is 0 Å². The highest BCUT2D eigenvalue weighted by Gasteiger charge is 2.11. The lowest BCUT2D eigenvalue weighted by Crippen LogP contribution is -2.23. The van der Waals surface area contributed by atoms with E-state index in [0.717, 1.165) is 12.1 Å². The maximum Gasteiger partial charge on any atom is 0.250 e. The van der Waals surface area contributed by atoms with Gasteiger partial charge in [0.1, 0.15) is 0 Å². The molecular formula is C13H19ClN2O. The Hall–Kier alpha value is -1.22. The summed E-state index contributed by atoms with van der Waals surface area (Å²) in [6.45, 7) is 6.48. The molecule has 3 N–H and O–H groups in total. The van der Waals surface area contributed by atoms with Crippen LogP contribution in [0.25, 0.3) is 0 Å². The van der Waals surface area contributed by atoms with Crippen LogP contribution in [-0.4, -0.2) is 11.9 Å². The van der Waals surface area contributed by atoms with Gasteiger partial charge in [0.2, 0.25) is 5.91 Å². The first-order chi connectivity index (χ1) is 7.95. The normalized spacial score (nSPS) is 14.1. The Bertz CT molecular complexity index is 406. The van der Waals surface area contributed by atoms with Crippen molar-refractivity contribution in [1.29, 1.82) is 0 Å². The quantitative estimate of drug-likeness (QED) is 0.847. The van der Waals surface area contributed by atoms with Crippen LogP contribution in [-0.2, 0) is 0 Å². The van der Waals surface area contributed by atoms with Gasteiger partial charge in [0, 0.05) is 11.7 Å². The number of anilines is 1. The largest absolute Gasteiger partial charge is 0.382 e. The van der Waals surface area contributed by atoms with Gasteiger partial charge in [-0.05, 0) is 31.0 Å². The number of nitrogens with two attached hydrogens (primary N) is 1. The Morgan fingerprint density at radius 1 is 1.47 bits per heavy atom. The number of rotatable bonds is 5. The van der Waals surface area contributed by atoms with Crippen molar-refractivity contribution in [2.45, 2.75) is 33.2 Å². The number of carbonyl (C=O) groups excluding carboxylic acids is 1. The van der Waals surface area contributed by atoms with E-state index >= 15 is 0 Å². The molecule has 0 aliphatic carbocycles. The molecule has 1 aromatic carbocycles. The van der Waals surface area contributed by atoms with Crippen LogP contribution in [0.3, 0.4) is 0 Å². The third-order valence-corrected chi connectivity index (χ3v) is 3.44. The van der Waals surface area contributed by atoms with Crippen molar-refractivity contribution >= 4 is 23.2 Å². The second kappa shape index (κ2) is 5.92. The Morgan fingerprint density at radius 2 is 2.12 bits per heavy atom. The lowest BCUT2D eigenvalue weighted by molar-refractivity contribution is 0.100. The van der Waals surface area contributed by atoms with E-state index in [1.807, 2.05) is 6.07 Å². The van der Waals surface area contributed by atoms with Gasteiger partial charge in [0.25, 0.3) is 0 Å². The lowest BCUT2D eigenvalue weighted by Gasteiger charge is -2.21. The number of amides is 1. The Morgan fingerprint density at radius 3 is 2.59 bits per heavy atom. The maximum absolute atomic E-state index is 11.0. The van der Waals surface area contributed by atoms with Gasteiger partial charge in [-0.15, -0.1) is 0 Å². The molecule has 0 saturated carbocycles. The van der Waals surface area contributed by atoms with Gasteiger partial charge < -0.3 is 11.1 Å². The molecule has 1 rings (SSSR count). The van der Waals surface area contributed by atoms with E-state index in [1.54, 1.807) is 12.1 Å². The van der Waals surface area contributed by atoms with Crippen LogP contribution >= 0.6 is 11.6 Å². The van der Waals surface area contributed by atoms with Crippen LogP contribution in [0.2, 0.25) is 5.02 Å². The average molecular weight is 255 g/mol.